The van der Waals surface area contributed by atoms with Crippen LogP contribution in [-0.2, 0) is 28.1 Å². The van der Waals surface area contributed by atoms with Gasteiger partial charge in [-0.05, 0) is 127 Å². The number of hydrogen-bond acceptors (Lipinski definition) is 1. The molecule has 0 fully saturated rings. The summed E-state index contributed by atoms with van der Waals surface area (Å²) in [6, 6.07) is 32.1. The number of rotatable bonds is 3. The van der Waals surface area contributed by atoms with Crippen molar-refractivity contribution < 1.29 is 0 Å². The summed E-state index contributed by atoms with van der Waals surface area (Å²) in [4.78, 5) is 0. The molecule has 2 unspecified atom stereocenters. The van der Waals surface area contributed by atoms with Crippen molar-refractivity contribution in [2.45, 2.75) is 136 Å². The van der Waals surface area contributed by atoms with Gasteiger partial charge >= 0.3 is 0 Å². The Bertz CT molecular complexity index is 1990. The molecule has 0 N–H and O–H groups in total. The van der Waals surface area contributed by atoms with Crippen molar-refractivity contribution in [1.82, 2.24) is 0 Å². The van der Waals surface area contributed by atoms with Gasteiger partial charge in [0.1, 0.15) is 0 Å². The van der Waals surface area contributed by atoms with Crippen LogP contribution in [0.4, 0.5) is 0 Å². The van der Waals surface area contributed by atoms with E-state index in [1.165, 1.54) is 72.0 Å². The monoisotopic (exact) mass is 664 g/mol. The molecule has 0 saturated carbocycles. The number of thiophene rings is 1. The Hall–Kier alpha value is -3.10. The fraction of sp³-hybridized carbons (Fsp3) is 0.447. The molecule has 2 heteroatoms. The standard InChI is InChI=1S/C47H57BS/c1-29-13-20-40-37(23-29)30(2)36(24-31-14-16-33(17-15-31)44(3,4)5)35-19-18-34(45(6,7)8)27-41(35)48(40)43-26-32-25-38-39(28-42(32)49-43)47(11,12)22-21-46(38,9)10/h13-20,23,25-28,30,36H,21-22,24H2,1-12H3. The molecule has 2 atom stereocenters. The summed E-state index contributed by atoms with van der Waals surface area (Å²) >= 11 is 2.04. The molecule has 0 saturated heterocycles. The molecular weight excluding hydrogens is 607 g/mol. The van der Waals surface area contributed by atoms with Crippen LogP contribution < -0.4 is 15.7 Å². The molecule has 0 amide bonds. The van der Waals surface area contributed by atoms with Gasteiger partial charge in [-0.15, -0.1) is 11.3 Å². The third kappa shape index (κ3) is 6.15. The molecule has 0 nitrogen and oxygen atoms in total. The van der Waals surface area contributed by atoms with Crippen molar-refractivity contribution in [2.75, 3.05) is 0 Å². The molecule has 2 aliphatic rings. The van der Waals surface area contributed by atoms with Crippen LogP contribution in [0, 0.1) is 6.92 Å². The third-order valence-corrected chi connectivity index (χ3v) is 13.5. The highest BCUT2D eigenvalue weighted by atomic mass is 32.1. The summed E-state index contributed by atoms with van der Waals surface area (Å²) in [5, 5.41) is 1.42. The van der Waals surface area contributed by atoms with Crippen molar-refractivity contribution in [3.05, 3.63) is 123 Å². The minimum absolute atomic E-state index is 0.0717. The van der Waals surface area contributed by atoms with Crippen molar-refractivity contribution in [3.8, 4) is 0 Å². The Morgan fingerprint density at radius 2 is 1.29 bits per heavy atom. The first-order valence-electron chi connectivity index (χ1n) is 18.8. The normalized spacial score (nSPS) is 20.0. The maximum absolute atomic E-state index is 2.60. The van der Waals surface area contributed by atoms with Crippen LogP contribution in [0.25, 0.3) is 10.1 Å². The van der Waals surface area contributed by atoms with Crippen LogP contribution >= 0.6 is 11.3 Å². The summed E-state index contributed by atoms with van der Waals surface area (Å²) in [6.45, 7) is 28.8. The first kappa shape index (κ1) is 34.4. The molecule has 0 bridgehead atoms. The van der Waals surface area contributed by atoms with E-state index in [0.717, 1.165) is 6.42 Å². The predicted molar refractivity (Wildman–Crippen MR) is 218 cm³/mol. The molecule has 7 rings (SSSR count). The van der Waals surface area contributed by atoms with Crippen molar-refractivity contribution in [3.63, 3.8) is 0 Å². The summed E-state index contributed by atoms with van der Waals surface area (Å²) < 4.78 is 2.92. The molecule has 49 heavy (non-hydrogen) atoms. The van der Waals surface area contributed by atoms with Crippen LogP contribution in [0.5, 0.6) is 0 Å². The van der Waals surface area contributed by atoms with Crippen LogP contribution in [0.2, 0.25) is 0 Å². The van der Waals surface area contributed by atoms with Gasteiger partial charge in [-0.1, -0.05) is 153 Å². The van der Waals surface area contributed by atoms with Crippen LogP contribution in [-0.4, -0.2) is 6.71 Å². The van der Waals surface area contributed by atoms with E-state index in [9.17, 15) is 0 Å². The zero-order chi connectivity index (χ0) is 35.3. The minimum Gasteiger partial charge on any atom is -0.149 e. The molecule has 0 spiro atoms. The smallest absolute Gasteiger partial charge is 0.149 e. The Kier molecular flexibility index (Phi) is 8.22. The fourth-order valence-electron chi connectivity index (χ4n) is 8.89. The number of hydrogen-bond donors (Lipinski definition) is 0. The van der Waals surface area contributed by atoms with Crippen LogP contribution in [0.15, 0.2) is 78.9 Å². The zero-order valence-corrected chi connectivity index (χ0v) is 33.1. The van der Waals surface area contributed by atoms with E-state index in [1.807, 2.05) is 11.3 Å². The van der Waals surface area contributed by atoms with E-state index in [1.54, 1.807) is 11.1 Å². The fourth-order valence-corrected chi connectivity index (χ4v) is 10.1. The highest BCUT2D eigenvalue weighted by molar-refractivity contribution is 7.32. The lowest BCUT2D eigenvalue weighted by Crippen LogP contribution is -2.52. The molecule has 0 radical (unpaired) electrons. The molecule has 1 aliphatic carbocycles. The minimum atomic E-state index is 0.0717. The lowest BCUT2D eigenvalue weighted by Gasteiger charge is -2.41. The molecule has 1 aliphatic heterocycles. The summed E-state index contributed by atoms with van der Waals surface area (Å²) in [6.07, 6.45) is 3.52. The summed E-state index contributed by atoms with van der Waals surface area (Å²) in [5.41, 5.74) is 15.4. The first-order valence-corrected chi connectivity index (χ1v) is 19.6. The second-order valence-electron chi connectivity index (χ2n) is 19.1. The second-order valence-corrected chi connectivity index (χ2v) is 20.2. The van der Waals surface area contributed by atoms with Gasteiger partial charge in [-0.3, -0.25) is 0 Å². The largest absolute Gasteiger partial charge is 0.254 e. The molecule has 5 aromatic rings. The predicted octanol–water partition coefficient (Wildman–Crippen LogP) is 11.1. The van der Waals surface area contributed by atoms with E-state index >= 15 is 0 Å². The summed E-state index contributed by atoms with van der Waals surface area (Å²) in [7, 11) is 0. The van der Waals surface area contributed by atoms with Gasteiger partial charge in [0.2, 0.25) is 0 Å². The van der Waals surface area contributed by atoms with E-state index in [0.29, 0.717) is 11.8 Å². The number of fused-ring (bicyclic) bond motifs is 4. The second kappa shape index (κ2) is 11.7. The molecular formula is C47H57BS. The van der Waals surface area contributed by atoms with E-state index in [2.05, 4.69) is 162 Å². The first-order chi connectivity index (χ1) is 22.8. The zero-order valence-electron chi connectivity index (χ0n) is 32.3. The topological polar surface area (TPSA) is 0 Å². The Balaban J connectivity index is 1.45. The van der Waals surface area contributed by atoms with Gasteiger partial charge < -0.3 is 0 Å². The SMILES string of the molecule is Cc1ccc2c(c1)C(C)C(Cc1ccc(C(C)(C)C)cc1)c1ccc(C(C)(C)C)cc1B2c1cc2cc3c(cc2s1)C(C)(C)CCC3(C)C. The third-order valence-electron chi connectivity index (χ3n) is 12.4. The molecule has 4 aromatic carbocycles. The van der Waals surface area contributed by atoms with E-state index in [4.69, 9.17) is 0 Å². The highest BCUT2D eigenvalue weighted by Gasteiger charge is 2.40. The lowest BCUT2D eigenvalue weighted by atomic mass is 9.38. The van der Waals surface area contributed by atoms with Gasteiger partial charge in [0.25, 0.3) is 6.71 Å². The number of benzene rings is 4. The van der Waals surface area contributed by atoms with Crippen molar-refractivity contribution >= 4 is 43.8 Å². The summed E-state index contributed by atoms with van der Waals surface area (Å²) in [5.74, 6) is 0.781. The van der Waals surface area contributed by atoms with Crippen molar-refractivity contribution in [1.29, 1.82) is 0 Å². The number of aryl methyl sites for hydroxylation is 1. The Morgan fingerprint density at radius 3 is 1.92 bits per heavy atom. The van der Waals surface area contributed by atoms with Crippen LogP contribution in [0.3, 0.4) is 0 Å². The van der Waals surface area contributed by atoms with Gasteiger partial charge in [0.05, 0.1) is 0 Å². The molecule has 2 heterocycles. The molecule has 254 valence electrons. The van der Waals surface area contributed by atoms with Gasteiger partial charge in [-0.25, -0.2) is 0 Å². The maximum Gasteiger partial charge on any atom is 0.254 e. The van der Waals surface area contributed by atoms with Gasteiger partial charge in [0.15, 0.2) is 0 Å². The average molecular weight is 665 g/mol. The highest BCUT2D eigenvalue weighted by Crippen LogP contribution is 2.47. The van der Waals surface area contributed by atoms with E-state index < -0.39 is 0 Å². The van der Waals surface area contributed by atoms with Gasteiger partial charge in [-0.2, -0.15) is 0 Å². The Labute approximate surface area is 301 Å². The lowest BCUT2D eigenvalue weighted by molar-refractivity contribution is 0.332. The van der Waals surface area contributed by atoms with Crippen LogP contribution in [0.1, 0.15) is 145 Å². The maximum atomic E-state index is 2.60. The molecule has 1 aromatic heterocycles. The average Bonchev–Trinajstić information content (AvgIpc) is 3.40. The van der Waals surface area contributed by atoms with Gasteiger partial charge in [0, 0.05) is 4.70 Å². The Morgan fingerprint density at radius 1 is 0.673 bits per heavy atom. The van der Waals surface area contributed by atoms with Crippen molar-refractivity contribution in [2.24, 2.45) is 0 Å². The quantitative estimate of drug-likeness (QED) is 0.168. The van der Waals surface area contributed by atoms with E-state index in [-0.39, 0.29) is 28.4 Å².